The number of para-hydroxylation sites is 2. The third-order valence-corrected chi connectivity index (χ3v) is 6.26. The molecule has 148 valence electrons. The first-order chi connectivity index (χ1) is 14.6. The predicted octanol–water partition coefficient (Wildman–Crippen LogP) is 5.95. The van der Waals surface area contributed by atoms with Crippen LogP contribution >= 0.6 is 23.4 Å². The fourth-order valence-corrected chi connectivity index (χ4v) is 4.73. The summed E-state index contributed by atoms with van der Waals surface area (Å²) in [6.07, 6.45) is 0. The van der Waals surface area contributed by atoms with Gasteiger partial charge in [0, 0.05) is 21.7 Å². The fraction of sp³-hybridized carbons (Fsp3) is 0.0435. The van der Waals surface area contributed by atoms with Crippen LogP contribution in [0.5, 0.6) is 0 Å². The number of H-pyrrole nitrogens is 1. The zero-order valence-electron chi connectivity index (χ0n) is 15.6. The second-order valence-electron chi connectivity index (χ2n) is 6.76. The molecule has 0 saturated carbocycles. The monoisotopic (exact) mass is 435 g/mol. The van der Waals surface area contributed by atoms with Crippen molar-refractivity contribution in [2.45, 2.75) is 10.9 Å². The highest BCUT2D eigenvalue weighted by Gasteiger charge is 2.19. The van der Waals surface area contributed by atoms with Gasteiger partial charge in [0.25, 0.3) is 5.56 Å². The molecule has 0 bridgehead atoms. The van der Waals surface area contributed by atoms with Crippen molar-refractivity contribution >= 4 is 45.3 Å². The summed E-state index contributed by atoms with van der Waals surface area (Å²) in [7, 11) is 0. The summed E-state index contributed by atoms with van der Waals surface area (Å²) >= 11 is 7.64. The van der Waals surface area contributed by atoms with E-state index in [1.807, 2.05) is 48.5 Å². The van der Waals surface area contributed by atoms with E-state index >= 15 is 0 Å². The van der Waals surface area contributed by atoms with Gasteiger partial charge in [0.05, 0.1) is 5.69 Å². The number of thioether (sulfide) groups is 1. The summed E-state index contributed by atoms with van der Waals surface area (Å²) in [5.41, 5.74) is 2.47. The largest absolute Gasteiger partial charge is 0.349 e. The lowest BCUT2D eigenvalue weighted by molar-refractivity contribution is 0.608. The zero-order chi connectivity index (χ0) is 20.7. The highest BCUT2D eigenvalue weighted by molar-refractivity contribution is 7.98. The first kappa shape index (κ1) is 18.9. The molecule has 0 aliphatic rings. The van der Waals surface area contributed by atoms with E-state index in [1.165, 1.54) is 22.4 Å². The molecule has 3 aromatic carbocycles. The first-order valence-electron chi connectivity index (χ1n) is 9.28. The van der Waals surface area contributed by atoms with Crippen LogP contribution in [0.25, 0.3) is 27.6 Å². The molecule has 2 aromatic heterocycles. The summed E-state index contributed by atoms with van der Waals surface area (Å²) in [6, 6.07) is 21.3. The summed E-state index contributed by atoms with van der Waals surface area (Å²) in [4.78, 5) is 21.3. The number of hydrogen-bond donors (Lipinski definition) is 1. The Kier molecular flexibility index (Phi) is 4.81. The maximum atomic E-state index is 14.6. The van der Waals surface area contributed by atoms with Crippen molar-refractivity contribution in [3.05, 3.63) is 99.6 Å². The molecule has 0 spiro atoms. The molecule has 0 aliphatic carbocycles. The molecule has 0 unspecified atom stereocenters. The fourth-order valence-electron chi connectivity index (χ4n) is 3.44. The molecule has 5 rings (SSSR count). The van der Waals surface area contributed by atoms with E-state index in [9.17, 15) is 9.18 Å². The van der Waals surface area contributed by atoms with Crippen LogP contribution in [0, 0.1) is 5.82 Å². The Labute approximate surface area is 180 Å². The molecular formula is C23H15ClFN3OS. The predicted molar refractivity (Wildman–Crippen MR) is 120 cm³/mol. The lowest BCUT2D eigenvalue weighted by atomic mass is 10.2. The molecule has 0 fully saturated rings. The Morgan fingerprint density at radius 3 is 2.57 bits per heavy atom. The number of hydrogen-bond acceptors (Lipinski definition) is 3. The van der Waals surface area contributed by atoms with Crippen LogP contribution in [0.3, 0.4) is 0 Å². The number of nitrogens with zero attached hydrogens (tertiary/aromatic N) is 2. The topological polar surface area (TPSA) is 50.7 Å². The van der Waals surface area contributed by atoms with Crippen molar-refractivity contribution in [1.82, 2.24) is 14.5 Å². The molecule has 0 aliphatic heterocycles. The van der Waals surface area contributed by atoms with Crippen molar-refractivity contribution in [2.24, 2.45) is 0 Å². The van der Waals surface area contributed by atoms with Crippen LogP contribution in [0.2, 0.25) is 5.02 Å². The van der Waals surface area contributed by atoms with Gasteiger partial charge < -0.3 is 4.98 Å². The number of nitrogens with one attached hydrogen (secondary N) is 1. The van der Waals surface area contributed by atoms with E-state index in [1.54, 1.807) is 18.2 Å². The summed E-state index contributed by atoms with van der Waals surface area (Å²) in [5, 5.41) is 1.89. The summed E-state index contributed by atoms with van der Waals surface area (Å²) < 4.78 is 16.0. The Morgan fingerprint density at radius 2 is 1.73 bits per heavy atom. The molecule has 1 N–H and O–H groups in total. The highest BCUT2D eigenvalue weighted by Crippen LogP contribution is 2.30. The van der Waals surface area contributed by atoms with E-state index in [-0.39, 0.29) is 11.2 Å². The molecule has 0 saturated heterocycles. The van der Waals surface area contributed by atoms with Crippen molar-refractivity contribution in [3.63, 3.8) is 0 Å². The number of aromatic amines is 1. The van der Waals surface area contributed by atoms with Crippen molar-refractivity contribution in [3.8, 4) is 5.69 Å². The second kappa shape index (κ2) is 7.63. The molecule has 7 heteroatoms. The van der Waals surface area contributed by atoms with E-state index in [4.69, 9.17) is 16.6 Å². The quantitative estimate of drug-likeness (QED) is 0.280. The molecule has 0 atom stereocenters. The third-order valence-electron chi connectivity index (χ3n) is 4.90. The van der Waals surface area contributed by atoms with E-state index < -0.39 is 5.82 Å². The van der Waals surface area contributed by atoms with E-state index in [2.05, 4.69) is 4.98 Å². The van der Waals surface area contributed by atoms with Gasteiger partial charge in [0.15, 0.2) is 5.16 Å². The second-order valence-corrected chi connectivity index (χ2v) is 8.11. The highest BCUT2D eigenvalue weighted by atomic mass is 35.5. The number of rotatable bonds is 4. The Balaban J connectivity index is 1.75. The Bertz CT molecular complexity index is 1460. The lowest BCUT2D eigenvalue weighted by Crippen LogP contribution is -2.22. The average molecular weight is 436 g/mol. The van der Waals surface area contributed by atoms with Crippen molar-refractivity contribution < 1.29 is 4.39 Å². The van der Waals surface area contributed by atoms with Gasteiger partial charge in [-0.15, -0.1) is 0 Å². The smallest absolute Gasteiger partial charge is 0.283 e. The Morgan fingerprint density at radius 1 is 1.00 bits per heavy atom. The minimum Gasteiger partial charge on any atom is -0.349 e. The van der Waals surface area contributed by atoms with Crippen LogP contribution in [0.1, 0.15) is 5.56 Å². The maximum Gasteiger partial charge on any atom is 0.283 e. The van der Waals surface area contributed by atoms with Crippen LogP contribution in [-0.4, -0.2) is 14.5 Å². The standard InChI is InChI=1S/C23H15ClFN3OS/c24-16-9-3-1-7-14(16)13-30-23-27-20-15-8-2-5-11-18(15)26-21(20)22(29)28(23)19-12-6-4-10-17(19)25/h1-12,26H,13H2. The SMILES string of the molecule is O=c1c2[nH]c3ccccc3c2nc(SCc2ccccc2Cl)n1-c1ccccc1F. The van der Waals surface area contributed by atoms with Gasteiger partial charge in [-0.1, -0.05) is 71.9 Å². The minimum atomic E-state index is -0.489. The van der Waals surface area contributed by atoms with Gasteiger partial charge in [-0.2, -0.15) is 0 Å². The van der Waals surface area contributed by atoms with E-state index in [0.29, 0.717) is 27.0 Å². The van der Waals surface area contributed by atoms with E-state index in [0.717, 1.165) is 16.5 Å². The molecule has 30 heavy (non-hydrogen) atoms. The molecule has 0 radical (unpaired) electrons. The first-order valence-corrected chi connectivity index (χ1v) is 10.6. The van der Waals surface area contributed by atoms with Crippen molar-refractivity contribution in [1.29, 1.82) is 0 Å². The zero-order valence-corrected chi connectivity index (χ0v) is 17.2. The summed E-state index contributed by atoms with van der Waals surface area (Å²) in [6.45, 7) is 0. The maximum absolute atomic E-state index is 14.6. The van der Waals surface area contributed by atoms with Crippen molar-refractivity contribution in [2.75, 3.05) is 0 Å². The van der Waals surface area contributed by atoms with Crippen LogP contribution in [-0.2, 0) is 5.75 Å². The Hall–Kier alpha value is -3.09. The molecule has 0 amide bonds. The number of halogens is 2. The molecule has 2 heterocycles. The molecular weight excluding hydrogens is 421 g/mol. The number of benzene rings is 3. The minimum absolute atomic E-state index is 0.164. The van der Waals surface area contributed by atoms with Gasteiger partial charge in [-0.3, -0.25) is 9.36 Å². The van der Waals surface area contributed by atoms with Gasteiger partial charge in [0.2, 0.25) is 0 Å². The van der Waals surface area contributed by atoms with Gasteiger partial charge >= 0.3 is 0 Å². The normalized spacial score (nSPS) is 11.4. The third kappa shape index (κ3) is 3.18. The van der Waals surface area contributed by atoms with Crippen LogP contribution in [0.15, 0.2) is 82.7 Å². The summed E-state index contributed by atoms with van der Waals surface area (Å²) in [5.74, 6) is 0.00508. The molecule has 5 aromatic rings. The molecule has 4 nitrogen and oxygen atoms in total. The van der Waals surface area contributed by atoms with Gasteiger partial charge in [0.1, 0.15) is 16.9 Å². The average Bonchev–Trinajstić information content (AvgIpc) is 3.13. The van der Waals surface area contributed by atoms with Gasteiger partial charge in [-0.25, -0.2) is 9.37 Å². The number of fused-ring (bicyclic) bond motifs is 3. The van der Waals surface area contributed by atoms with Crippen LogP contribution < -0.4 is 5.56 Å². The van der Waals surface area contributed by atoms with Crippen LogP contribution in [0.4, 0.5) is 4.39 Å². The van der Waals surface area contributed by atoms with Gasteiger partial charge in [-0.05, 0) is 29.8 Å². The number of aromatic nitrogens is 3. The lowest BCUT2D eigenvalue weighted by Gasteiger charge is -2.13.